The zero-order chi connectivity index (χ0) is 13.7. The molecular weight excluding hydrogens is 264 g/mol. The van der Waals surface area contributed by atoms with Crippen LogP contribution in [0.5, 0.6) is 0 Å². The highest BCUT2D eigenvalue weighted by atomic mass is 32.1. The summed E-state index contributed by atoms with van der Waals surface area (Å²) in [6.45, 7) is 2.26. The van der Waals surface area contributed by atoms with Crippen LogP contribution >= 0.6 is 11.3 Å². The summed E-state index contributed by atoms with van der Waals surface area (Å²) in [6.07, 6.45) is 0.350. The van der Waals surface area contributed by atoms with E-state index in [0.29, 0.717) is 6.17 Å². The lowest BCUT2D eigenvalue weighted by Gasteiger charge is -2.27. The normalized spacial score (nSPS) is 17.8. The average Bonchev–Trinajstić information content (AvgIpc) is 2.96. The van der Waals surface area contributed by atoms with E-state index in [1.807, 2.05) is 11.3 Å². The molecule has 4 rings (SSSR count). The van der Waals surface area contributed by atoms with Gasteiger partial charge in [-0.25, -0.2) is 0 Å². The maximum atomic E-state index is 2.43. The molecule has 1 atom stereocenters. The van der Waals surface area contributed by atoms with Crippen LogP contribution in [0.3, 0.4) is 0 Å². The van der Waals surface area contributed by atoms with E-state index in [0.717, 1.165) is 0 Å². The largest absolute Gasteiger partial charge is 0.351 e. The Balaban J connectivity index is 1.96. The van der Waals surface area contributed by atoms with Gasteiger partial charge >= 0.3 is 0 Å². The monoisotopic (exact) mass is 280 g/mol. The molecule has 3 aromatic rings. The first-order chi connectivity index (χ1) is 9.77. The lowest BCUT2D eigenvalue weighted by molar-refractivity contribution is 0.736. The van der Waals surface area contributed by atoms with Crippen LogP contribution < -0.4 is 9.80 Å². The zero-order valence-electron chi connectivity index (χ0n) is 11.6. The summed E-state index contributed by atoms with van der Waals surface area (Å²) in [4.78, 5) is 4.81. The number of anilines is 3. The predicted molar refractivity (Wildman–Crippen MR) is 88.3 cm³/mol. The minimum absolute atomic E-state index is 0.350. The first-order valence-electron chi connectivity index (χ1n) is 6.86. The van der Waals surface area contributed by atoms with Crippen molar-refractivity contribution in [3.8, 4) is 0 Å². The van der Waals surface area contributed by atoms with Gasteiger partial charge in [0.2, 0.25) is 0 Å². The van der Waals surface area contributed by atoms with Crippen LogP contribution in [0.1, 0.15) is 6.92 Å². The molecule has 2 aromatic carbocycles. The van der Waals surface area contributed by atoms with E-state index in [9.17, 15) is 0 Å². The van der Waals surface area contributed by atoms with Crippen LogP contribution in [-0.2, 0) is 0 Å². The number of fused-ring (bicyclic) bond motifs is 3. The second-order valence-electron chi connectivity index (χ2n) is 5.20. The van der Waals surface area contributed by atoms with Crippen LogP contribution in [0.25, 0.3) is 10.1 Å². The van der Waals surface area contributed by atoms with Gasteiger partial charge < -0.3 is 9.80 Å². The summed E-state index contributed by atoms with van der Waals surface area (Å²) < 4.78 is 1.36. The molecule has 1 aromatic heterocycles. The van der Waals surface area contributed by atoms with Gasteiger partial charge in [0.15, 0.2) is 0 Å². The van der Waals surface area contributed by atoms with E-state index < -0.39 is 0 Å². The Kier molecular flexibility index (Phi) is 2.51. The highest BCUT2D eigenvalue weighted by molar-refractivity contribution is 7.23. The van der Waals surface area contributed by atoms with Crippen molar-refractivity contribution >= 4 is 37.8 Å². The fourth-order valence-electron chi connectivity index (χ4n) is 2.97. The van der Waals surface area contributed by atoms with E-state index >= 15 is 0 Å². The Bertz CT molecular complexity index is 763. The van der Waals surface area contributed by atoms with Gasteiger partial charge in [-0.05, 0) is 25.1 Å². The molecule has 3 heteroatoms. The molecule has 0 fully saturated rings. The Hall–Kier alpha value is -2.00. The topological polar surface area (TPSA) is 6.48 Å². The molecule has 100 valence electrons. The van der Waals surface area contributed by atoms with Crippen LogP contribution in [0.15, 0.2) is 54.6 Å². The summed E-state index contributed by atoms with van der Waals surface area (Å²) in [5.41, 5.74) is 2.62. The van der Waals surface area contributed by atoms with Gasteiger partial charge in [0, 0.05) is 22.8 Å². The molecule has 0 amide bonds. The fraction of sp³-hybridized carbons (Fsp3) is 0.176. The molecule has 1 aliphatic rings. The molecule has 0 spiro atoms. The fourth-order valence-corrected chi connectivity index (χ4v) is 4.31. The smallest absolute Gasteiger partial charge is 0.122 e. The van der Waals surface area contributed by atoms with Crippen LogP contribution in [-0.4, -0.2) is 13.2 Å². The predicted octanol–water partition coefficient (Wildman–Crippen LogP) is 4.84. The Morgan fingerprint density at radius 1 is 0.950 bits per heavy atom. The van der Waals surface area contributed by atoms with Crippen LogP contribution in [0, 0.1) is 0 Å². The first-order valence-corrected chi connectivity index (χ1v) is 7.67. The maximum absolute atomic E-state index is 2.43. The van der Waals surface area contributed by atoms with Crippen LogP contribution in [0.2, 0.25) is 0 Å². The van der Waals surface area contributed by atoms with Crippen molar-refractivity contribution in [2.45, 2.75) is 13.1 Å². The molecule has 0 saturated heterocycles. The van der Waals surface area contributed by atoms with Crippen molar-refractivity contribution in [3.05, 3.63) is 54.6 Å². The van der Waals surface area contributed by atoms with Crippen molar-refractivity contribution in [2.75, 3.05) is 16.8 Å². The molecule has 0 saturated carbocycles. The third-order valence-corrected chi connectivity index (χ3v) is 5.25. The number of hydrogen-bond acceptors (Lipinski definition) is 3. The maximum Gasteiger partial charge on any atom is 0.122 e. The molecular formula is C17H16N2S. The summed E-state index contributed by atoms with van der Waals surface area (Å²) in [7, 11) is 2.19. The molecule has 20 heavy (non-hydrogen) atoms. The van der Waals surface area contributed by atoms with Crippen molar-refractivity contribution < 1.29 is 0 Å². The van der Waals surface area contributed by atoms with E-state index in [2.05, 4.69) is 78.4 Å². The second-order valence-corrected chi connectivity index (χ2v) is 6.23. The number of hydrogen-bond donors (Lipinski definition) is 0. The standard InChI is InChI=1S/C17H16N2S/c1-12-18(2)16-14-10-6-7-11-15(14)20-17(16)19(12)13-8-4-3-5-9-13/h3-12H,1-2H3. The Labute approximate surface area is 122 Å². The van der Waals surface area contributed by atoms with Gasteiger partial charge in [-0.2, -0.15) is 0 Å². The Morgan fingerprint density at radius 2 is 1.65 bits per heavy atom. The third-order valence-electron chi connectivity index (χ3n) is 4.09. The molecule has 1 aliphatic heterocycles. The van der Waals surface area contributed by atoms with E-state index in [-0.39, 0.29) is 0 Å². The molecule has 0 radical (unpaired) electrons. The number of nitrogens with zero attached hydrogens (tertiary/aromatic N) is 2. The quantitative estimate of drug-likeness (QED) is 0.629. The summed E-state index contributed by atoms with van der Waals surface area (Å²) in [5.74, 6) is 0. The molecule has 0 bridgehead atoms. The SMILES string of the molecule is CC1N(C)c2c(sc3ccccc23)N1c1ccccc1. The van der Waals surface area contributed by atoms with Gasteiger partial charge in [0.25, 0.3) is 0 Å². The van der Waals surface area contributed by atoms with E-state index in [1.165, 1.54) is 26.5 Å². The molecule has 0 N–H and O–H groups in total. The lowest BCUT2D eigenvalue weighted by Crippen LogP contribution is -2.35. The summed E-state index contributed by atoms with van der Waals surface area (Å²) >= 11 is 1.88. The lowest BCUT2D eigenvalue weighted by atomic mass is 10.2. The summed E-state index contributed by atoms with van der Waals surface area (Å²) in [6, 6.07) is 19.3. The van der Waals surface area contributed by atoms with Crippen molar-refractivity contribution in [1.29, 1.82) is 0 Å². The molecule has 2 heterocycles. The van der Waals surface area contributed by atoms with E-state index in [4.69, 9.17) is 0 Å². The first kappa shape index (κ1) is 11.8. The number of para-hydroxylation sites is 1. The van der Waals surface area contributed by atoms with Gasteiger partial charge in [-0.15, -0.1) is 11.3 Å². The van der Waals surface area contributed by atoms with Crippen LogP contribution in [0.4, 0.5) is 16.4 Å². The highest BCUT2D eigenvalue weighted by Crippen LogP contribution is 2.52. The zero-order valence-corrected chi connectivity index (χ0v) is 12.4. The van der Waals surface area contributed by atoms with Crippen molar-refractivity contribution in [3.63, 3.8) is 0 Å². The molecule has 2 nitrogen and oxygen atoms in total. The van der Waals surface area contributed by atoms with Crippen molar-refractivity contribution in [2.24, 2.45) is 0 Å². The summed E-state index contributed by atoms with van der Waals surface area (Å²) in [5, 5.41) is 2.72. The van der Waals surface area contributed by atoms with E-state index in [1.54, 1.807) is 0 Å². The third kappa shape index (κ3) is 1.50. The molecule has 1 unspecified atom stereocenters. The minimum atomic E-state index is 0.350. The second kappa shape index (κ2) is 4.25. The van der Waals surface area contributed by atoms with Gasteiger partial charge in [-0.3, -0.25) is 0 Å². The molecule has 0 aliphatic carbocycles. The number of rotatable bonds is 1. The Morgan fingerprint density at radius 3 is 2.45 bits per heavy atom. The number of thiophene rings is 1. The van der Waals surface area contributed by atoms with Crippen molar-refractivity contribution in [1.82, 2.24) is 0 Å². The highest BCUT2D eigenvalue weighted by Gasteiger charge is 2.34. The van der Waals surface area contributed by atoms with Gasteiger partial charge in [0.1, 0.15) is 11.2 Å². The average molecular weight is 280 g/mol. The number of benzene rings is 2. The minimum Gasteiger partial charge on any atom is -0.351 e. The van der Waals surface area contributed by atoms with Gasteiger partial charge in [-0.1, -0.05) is 36.4 Å². The van der Waals surface area contributed by atoms with Gasteiger partial charge in [0.05, 0.1) is 5.69 Å².